The quantitative estimate of drug-likeness (QED) is 0.192. The molecule has 53 heavy (non-hydrogen) atoms. The number of anilines is 2. The highest BCUT2D eigenvalue weighted by molar-refractivity contribution is 6.07. The third kappa shape index (κ3) is 8.99. The molecule has 1 fully saturated rings. The third-order valence-electron chi connectivity index (χ3n) is 8.77. The van der Waals surface area contributed by atoms with E-state index in [-0.39, 0.29) is 31.7 Å². The summed E-state index contributed by atoms with van der Waals surface area (Å²) in [5.74, 6) is 1.32. The van der Waals surface area contributed by atoms with E-state index in [4.69, 9.17) is 33.3 Å². The molecule has 0 N–H and O–H groups in total. The molecule has 4 rings (SSSR count). The first-order valence-corrected chi connectivity index (χ1v) is 16.6. The van der Waals surface area contributed by atoms with Crippen LogP contribution in [0.1, 0.15) is 36.8 Å². The molecule has 2 aliphatic rings. The summed E-state index contributed by atoms with van der Waals surface area (Å²) in [6.07, 6.45) is 4.30. The predicted octanol–water partition coefficient (Wildman–Crippen LogP) is 1.20. The lowest BCUT2D eigenvalue weighted by Gasteiger charge is -2.28. The Morgan fingerprint density at radius 3 is 1.53 bits per heavy atom. The first-order valence-electron chi connectivity index (χ1n) is 16.6. The third-order valence-corrected chi connectivity index (χ3v) is 8.77. The van der Waals surface area contributed by atoms with Gasteiger partial charge in [-0.25, -0.2) is 9.37 Å². The molecule has 14 nitrogen and oxygen atoms in total. The largest absolute Gasteiger partial charge is 1.00 e. The predicted molar refractivity (Wildman–Crippen MR) is 196 cm³/mol. The molecule has 0 spiro atoms. The molecule has 0 radical (unpaired) electrons. The van der Waals surface area contributed by atoms with Crippen molar-refractivity contribution < 1.29 is 64.6 Å². The van der Waals surface area contributed by atoms with Gasteiger partial charge in [0, 0.05) is 88.2 Å². The monoisotopic (exact) mass is 756 g/mol. The van der Waals surface area contributed by atoms with Crippen LogP contribution < -0.4 is 41.2 Å². The Balaban J connectivity index is 0.00000756. The maximum Gasteiger partial charge on any atom is 0.333 e. The van der Waals surface area contributed by atoms with Gasteiger partial charge in [-0.05, 0) is 6.42 Å². The van der Waals surface area contributed by atoms with Crippen LogP contribution in [0.5, 0.6) is 23.0 Å². The fourth-order valence-electron chi connectivity index (χ4n) is 5.94. The Morgan fingerprint density at radius 2 is 1.15 bits per heavy atom. The maximum atomic E-state index is 12.4. The van der Waals surface area contributed by atoms with Crippen molar-refractivity contribution in [3.63, 3.8) is 0 Å². The summed E-state index contributed by atoms with van der Waals surface area (Å²) in [6, 6.07) is 7.59. The van der Waals surface area contributed by atoms with Crippen LogP contribution in [0.3, 0.4) is 0 Å². The fraction of sp³-hybridized carbons (Fsp3) is 0.421. The second-order valence-corrected chi connectivity index (χ2v) is 12.4. The lowest BCUT2D eigenvalue weighted by Crippen LogP contribution is -3.00. The van der Waals surface area contributed by atoms with E-state index in [2.05, 4.69) is 0 Å². The van der Waals surface area contributed by atoms with Crippen molar-refractivity contribution in [2.75, 3.05) is 94.2 Å². The van der Waals surface area contributed by atoms with Crippen LogP contribution in [0, 0.1) is 0 Å². The average molecular weight is 757 g/mol. The highest BCUT2D eigenvalue weighted by Crippen LogP contribution is 2.51. The zero-order chi connectivity index (χ0) is 38.3. The Morgan fingerprint density at radius 1 is 0.717 bits per heavy atom. The van der Waals surface area contributed by atoms with Gasteiger partial charge in [0.1, 0.15) is 48.6 Å². The number of rotatable bonds is 15. The van der Waals surface area contributed by atoms with Crippen LogP contribution in [0.25, 0.3) is 5.57 Å². The van der Waals surface area contributed by atoms with Crippen molar-refractivity contribution in [2.45, 2.75) is 25.7 Å². The first kappa shape index (κ1) is 42.0. The summed E-state index contributed by atoms with van der Waals surface area (Å²) >= 11 is 0. The molecule has 1 saturated heterocycles. The molecule has 288 valence electrons. The van der Waals surface area contributed by atoms with Crippen LogP contribution >= 0.6 is 0 Å². The van der Waals surface area contributed by atoms with E-state index in [9.17, 15) is 14.4 Å². The van der Waals surface area contributed by atoms with E-state index in [0.717, 1.165) is 17.1 Å². The summed E-state index contributed by atoms with van der Waals surface area (Å²) in [7, 11) is 19.2. The first-order chi connectivity index (χ1) is 24.8. The minimum absolute atomic E-state index is 0. The number of hydroxylamine groups is 2. The van der Waals surface area contributed by atoms with Crippen molar-refractivity contribution in [3.8, 4) is 23.0 Å². The summed E-state index contributed by atoms with van der Waals surface area (Å²) in [5, 5.41) is 0.560. The van der Waals surface area contributed by atoms with Crippen LogP contribution in [0.15, 0.2) is 53.5 Å². The fourth-order valence-corrected chi connectivity index (χ4v) is 5.94. The number of allylic oxidation sites excluding steroid dienone is 2. The smallest absolute Gasteiger partial charge is 0.333 e. The molecule has 1 heterocycles. The van der Waals surface area contributed by atoms with Crippen molar-refractivity contribution in [2.24, 2.45) is 0 Å². The molecule has 15 heteroatoms. The molecule has 2 aromatic carbocycles. The summed E-state index contributed by atoms with van der Waals surface area (Å²) in [6.45, 7) is 0.431. The molecule has 0 saturated carbocycles. The molecule has 2 aromatic rings. The number of methoxy groups -OCH3 is 6. The molecular weight excluding hydrogens is 708 g/mol. The number of hydrogen-bond acceptors (Lipinski definition) is 12. The van der Waals surface area contributed by atoms with Crippen LogP contribution in [-0.4, -0.2) is 118 Å². The summed E-state index contributed by atoms with van der Waals surface area (Å²) < 4.78 is 38.4. The number of nitrogens with zero attached hydrogens (tertiary/aromatic N) is 4. The molecule has 0 atom stereocenters. The topological polar surface area (TPSA) is 129 Å². The van der Waals surface area contributed by atoms with Gasteiger partial charge in [0.25, 0.3) is 11.8 Å². The Labute approximate surface area is 317 Å². The average Bonchev–Trinajstić information content (AvgIpc) is 3.46. The number of carbonyl (C=O) groups is 3. The molecule has 0 bridgehead atoms. The number of hydrogen-bond donors (Lipinski definition) is 0. The van der Waals surface area contributed by atoms with E-state index < -0.39 is 17.8 Å². The molecular formula is C38H49ClN4O10. The normalized spacial score (nSPS) is 13.8. The highest BCUT2D eigenvalue weighted by Gasteiger charge is 2.35. The molecule has 0 aromatic heterocycles. The van der Waals surface area contributed by atoms with Crippen molar-refractivity contribution in [1.29, 1.82) is 0 Å². The SMILES string of the molecule is COC1=CC(=[N+](C)C)C=C(OC)C1=C(c1c(OC)cc(N(C)C)cc1OC)c1c(OC)cc(N(C)CCCC(=O)ON2C(=O)CCC2=O)cc1OC.[Cl-]. The van der Waals surface area contributed by atoms with Crippen molar-refractivity contribution in [3.05, 3.63) is 64.6 Å². The standard InChI is InChI=1S/C38H49N4O10.ClH/c1-39(2)23-17-26(46-6)35(27(18-23)47-7)38(36-28(48-8)19-24(40(3)4)20-29(36)49-9)37-30(50-10)21-25(22-31(37)51-11)41(5)16-12-13-34(45)52-42-32(43)14-15-33(42)44;/h17-22H,12-16H2,1-11H3;1H/q+1;/p-1. The van der Waals surface area contributed by atoms with Crippen LogP contribution in [0.4, 0.5) is 11.4 Å². The second-order valence-electron chi connectivity index (χ2n) is 12.4. The lowest BCUT2D eigenvalue weighted by molar-refractivity contribution is -0.462. The van der Waals surface area contributed by atoms with E-state index in [1.165, 1.54) is 0 Å². The van der Waals surface area contributed by atoms with Crippen LogP contribution in [-0.2, 0) is 28.7 Å². The van der Waals surface area contributed by atoms with Gasteiger partial charge in [0.15, 0.2) is 0 Å². The molecule has 1 aliphatic carbocycles. The Hall–Kier alpha value is -5.37. The van der Waals surface area contributed by atoms with Gasteiger partial charge >= 0.3 is 5.97 Å². The van der Waals surface area contributed by atoms with Crippen molar-refractivity contribution >= 4 is 40.4 Å². The highest BCUT2D eigenvalue weighted by atomic mass is 35.5. The van der Waals surface area contributed by atoms with E-state index in [1.54, 1.807) is 42.7 Å². The number of halogens is 1. The number of ether oxygens (including phenoxy) is 6. The minimum Gasteiger partial charge on any atom is -1.00 e. The molecule has 1 aliphatic heterocycles. The van der Waals surface area contributed by atoms with Gasteiger partial charge in [0.05, 0.1) is 71.5 Å². The van der Waals surface area contributed by atoms with E-state index in [1.807, 2.05) is 86.0 Å². The number of carbonyl (C=O) groups excluding carboxylic acids is 3. The number of amides is 2. The zero-order valence-electron chi connectivity index (χ0n) is 32.2. The van der Waals surface area contributed by atoms with Gasteiger partial charge in [-0.15, -0.1) is 5.06 Å². The van der Waals surface area contributed by atoms with Gasteiger partial charge in [-0.1, -0.05) is 0 Å². The van der Waals surface area contributed by atoms with E-state index in [0.29, 0.717) is 74.8 Å². The van der Waals surface area contributed by atoms with E-state index >= 15 is 0 Å². The summed E-state index contributed by atoms with van der Waals surface area (Å²) in [4.78, 5) is 45.1. The van der Waals surface area contributed by atoms with Gasteiger partial charge in [0.2, 0.25) is 5.71 Å². The number of benzene rings is 2. The second kappa shape index (κ2) is 18.4. The lowest BCUT2D eigenvalue weighted by atomic mass is 9.86. The molecule has 2 amide bonds. The minimum atomic E-state index is -0.659. The Bertz CT molecular complexity index is 1750. The summed E-state index contributed by atoms with van der Waals surface area (Å²) in [5.41, 5.74) is 4.85. The van der Waals surface area contributed by atoms with Gasteiger partial charge in [-0.2, -0.15) is 0 Å². The zero-order valence-corrected chi connectivity index (χ0v) is 33.0. The maximum absolute atomic E-state index is 12.4. The van der Waals surface area contributed by atoms with Crippen LogP contribution in [0.2, 0.25) is 0 Å². The number of imide groups is 1. The van der Waals surface area contributed by atoms with Gasteiger partial charge in [-0.3, -0.25) is 9.59 Å². The molecule has 0 unspecified atom stereocenters. The van der Waals surface area contributed by atoms with Crippen molar-refractivity contribution in [1.82, 2.24) is 5.06 Å². The Kier molecular flexibility index (Phi) is 14.6. The van der Waals surface area contributed by atoms with Gasteiger partial charge < -0.3 is 55.5 Å².